The lowest BCUT2D eigenvalue weighted by molar-refractivity contribution is -0.124. The molecule has 156 valence electrons. The molecule has 1 aromatic carbocycles. The van der Waals surface area contributed by atoms with Crippen LogP contribution >= 0.6 is 0 Å². The molecule has 0 aliphatic carbocycles. The summed E-state index contributed by atoms with van der Waals surface area (Å²) in [5.74, 6) is 0.501. The maximum Gasteiger partial charge on any atom is 0.268 e. The second-order valence-electron chi connectivity index (χ2n) is 8.34. The van der Waals surface area contributed by atoms with Crippen LogP contribution in [0.15, 0.2) is 41.8 Å². The van der Waals surface area contributed by atoms with Crippen molar-refractivity contribution in [2.75, 3.05) is 5.32 Å². The average molecular weight is 409 g/mol. The van der Waals surface area contributed by atoms with E-state index in [-0.39, 0.29) is 11.5 Å². The number of rotatable bonds is 4. The molecule has 30 heavy (non-hydrogen) atoms. The Morgan fingerprint density at radius 1 is 1.30 bits per heavy atom. The number of hydrogen-bond acceptors (Lipinski definition) is 5. The van der Waals surface area contributed by atoms with Gasteiger partial charge < -0.3 is 10.1 Å². The first-order valence-corrected chi connectivity index (χ1v) is 9.82. The number of benzene rings is 1. The standard InChI is InChI=1S/C22H24FN5O2/c1-12(2)14-9-24-21-26-18(11-28(21)10-14)16-8-15(6-7-17(16)23)25-20(29)19-22(4,5)27-13(3)30-19/h6-12,19H,1-5H3,(H,25,29). The fourth-order valence-corrected chi connectivity index (χ4v) is 3.52. The number of nitrogens with zero attached hydrogens (tertiary/aromatic N) is 4. The molecule has 1 amide bonds. The van der Waals surface area contributed by atoms with E-state index < -0.39 is 17.5 Å². The first kappa shape index (κ1) is 20.0. The van der Waals surface area contributed by atoms with Gasteiger partial charge in [0, 0.05) is 36.8 Å². The number of amides is 1. The number of carbonyl (C=O) groups is 1. The van der Waals surface area contributed by atoms with Crippen molar-refractivity contribution in [3.8, 4) is 11.3 Å². The van der Waals surface area contributed by atoms with Gasteiger partial charge >= 0.3 is 0 Å². The molecule has 0 fully saturated rings. The normalized spacial score (nSPS) is 17.8. The molecule has 4 rings (SSSR count). The molecule has 1 aliphatic rings. The first-order valence-electron chi connectivity index (χ1n) is 9.82. The summed E-state index contributed by atoms with van der Waals surface area (Å²) in [5.41, 5.74) is 1.56. The predicted octanol–water partition coefficient (Wildman–Crippen LogP) is 4.19. The maximum absolute atomic E-state index is 14.6. The fourth-order valence-electron chi connectivity index (χ4n) is 3.52. The molecule has 0 spiro atoms. The van der Waals surface area contributed by atoms with Gasteiger partial charge in [-0.15, -0.1) is 0 Å². The summed E-state index contributed by atoms with van der Waals surface area (Å²) in [6, 6.07) is 4.38. The van der Waals surface area contributed by atoms with Crippen LogP contribution in [0.5, 0.6) is 0 Å². The number of hydrogen-bond donors (Lipinski definition) is 1. The third-order valence-corrected chi connectivity index (χ3v) is 5.12. The Kier molecular flexibility index (Phi) is 4.80. The van der Waals surface area contributed by atoms with E-state index in [0.29, 0.717) is 29.0 Å². The highest BCUT2D eigenvalue weighted by Crippen LogP contribution is 2.29. The molecular formula is C22H24FN5O2. The van der Waals surface area contributed by atoms with Crippen molar-refractivity contribution in [3.05, 3.63) is 48.2 Å². The molecule has 3 heterocycles. The number of fused-ring (bicyclic) bond motifs is 1. The fraction of sp³-hybridized carbons (Fsp3) is 0.364. The predicted molar refractivity (Wildman–Crippen MR) is 113 cm³/mol. The molecule has 1 atom stereocenters. The van der Waals surface area contributed by atoms with Gasteiger partial charge in [-0.3, -0.25) is 9.20 Å². The van der Waals surface area contributed by atoms with Crippen LogP contribution < -0.4 is 5.32 Å². The number of anilines is 1. The van der Waals surface area contributed by atoms with Gasteiger partial charge in [0.2, 0.25) is 11.9 Å². The van der Waals surface area contributed by atoms with E-state index in [9.17, 15) is 9.18 Å². The number of carbonyl (C=O) groups excluding carboxylic acids is 1. The first-order chi connectivity index (χ1) is 14.1. The van der Waals surface area contributed by atoms with Gasteiger partial charge in [-0.25, -0.2) is 19.4 Å². The number of ether oxygens (including phenoxy) is 1. The van der Waals surface area contributed by atoms with Crippen molar-refractivity contribution < 1.29 is 13.9 Å². The van der Waals surface area contributed by atoms with Crippen LogP contribution in [-0.4, -0.2) is 37.8 Å². The van der Waals surface area contributed by atoms with E-state index in [1.54, 1.807) is 29.8 Å². The molecule has 1 unspecified atom stereocenters. The van der Waals surface area contributed by atoms with Crippen LogP contribution in [0.3, 0.4) is 0 Å². The summed E-state index contributed by atoms with van der Waals surface area (Å²) in [6.45, 7) is 9.54. The lowest BCUT2D eigenvalue weighted by Crippen LogP contribution is -2.42. The maximum atomic E-state index is 14.6. The molecule has 1 aliphatic heterocycles. The summed E-state index contributed by atoms with van der Waals surface area (Å²) in [4.78, 5) is 25.8. The second kappa shape index (κ2) is 7.19. The van der Waals surface area contributed by atoms with Crippen molar-refractivity contribution in [2.45, 2.75) is 52.2 Å². The molecular weight excluding hydrogens is 385 g/mol. The monoisotopic (exact) mass is 409 g/mol. The minimum Gasteiger partial charge on any atom is -0.465 e. The zero-order chi connectivity index (χ0) is 21.6. The van der Waals surface area contributed by atoms with E-state index in [0.717, 1.165) is 5.56 Å². The largest absolute Gasteiger partial charge is 0.465 e. The van der Waals surface area contributed by atoms with Crippen LogP contribution in [0.4, 0.5) is 10.1 Å². The quantitative estimate of drug-likeness (QED) is 0.701. The summed E-state index contributed by atoms with van der Waals surface area (Å²) in [7, 11) is 0. The van der Waals surface area contributed by atoms with E-state index in [2.05, 4.69) is 34.1 Å². The molecule has 0 bridgehead atoms. The summed E-state index contributed by atoms with van der Waals surface area (Å²) in [6.07, 6.45) is 4.70. The Balaban J connectivity index is 1.62. The Morgan fingerprint density at radius 3 is 2.73 bits per heavy atom. The lowest BCUT2D eigenvalue weighted by Gasteiger charge is -2.22. The van der Waals surface area contributed by atoms with Gasteiger partial charge in [0.15, 0.2) is 5.90 Å². The smallest absolute Gasteiger partial charge is 0.268 e. The molecule has 0 radical (unpaired) electrons. The average Bonchev–Trinajstić information content (AvgIpc) is 3.21. The van der Waals surface area contributed by atoms with Crippen LogP contribution in [0, 0.1) is 5.82 Å². The Hall–Kier alpha value is -3.29. The van der Waals surface area contributed by atoms with Gasteiger partial charge in [0.05, 0.1) is 5.69 Å². The van der Waals surface area contributed by atoms with Gasteiger partial charge in [0.1, 0.15) is 11.4 Å². The Labute approximate surface area is 174 Å². The van der Waals surface area contributed by atoms with Crippen molar-refractivity contribution in [1.29, 1.82) is 0 Å². The molecule has 8 heteroatoms. The molecule has 2 aromatic heterocycles. The molecule has 0 saturated carbocycles. The molecule has 0 saturated heterocycles. The minimum absolute atomic E-state index is 0.281. The van der Waals surface area contributed by atoms with Gasteiger partial charge in [-0.1, -0.05) is 13.8 Å². The van der Waals surface area contributed by atoms with Crippen molar-refractivity contribution in [3.63, 3.8) is 0 Å². The highest BCUT2D eigenvalue weighted by atomic mass is 19.1. The number of aromatic nitrogens is 3. The number of imidazole rings is 1. The van der Waals surface area contributed by atoms with E-state index in [4.69, 9.17) is 4.74 Å². The summed E-state index contributed by atoms with van der Waals surface area (Å²) < 4.78 is 21.9. The SMILES string of the molecule is CC1=NC(C)(C)C(C(=O)Nc2ccc(F)c(-c3cn4cc(C(C)C)cnc4n3)c2)O1. The highest BCUT2D eigenvalue weighted by molar-refractivity contribution is 5.98. The Bertz CT molecular complexity index is 1170. The van der Waals surface area contributed by atoms with E-state index >= 15 is 0 Å². The zero-order valence-electron chi connectivity index (χ0n) is 17.6. The topological polar surface area (TPSA) is 80.9 Å². The van der Waals surface area contributed by atoms with Crippen LogP contribution in [0.1, 0.15) is 46.1 Å². The van der Waals surface area contributed by atoms with Gasteiger partial charge in [-0.2, -0.15) is 0 Å². The molecule has 1 N–H and O–H groups in total. The zero-order valence-corrected chi connectivity index (χ0v) is 17.6. The third kappa shape index (κ3) is 3.65. The van der Waals surface area contributed by atoms with Crippen LogP contribution in [0.25, 0.3) is 17.0 Å². The molecule has 3 aromatic rings. The van der Waals surface area contributed by atoms with Crippen molar-refractivity contribution >= 4 is 23.3 Å². The number of aliphatic imine (C=N–C) groups is 1. The van der Waals surface area contributed by atoms with Gasteiger partial charge in [0.25, 0.3) is 5.91 Å². The highest BCUT2D eigenvalue weighted by Gasteiger charge is 2.42. The third-order valence-electron chi connectivity index (χ3n) is 5.12. The number of nitrogens with one attached hydrogen (secondary N) is 1. The number of halogens is 1. The Morgan fingerprint density at radius 2 is 2.07 bits per heavy atom. The lowest BCUT2D eigenvalue weighted by atomic mass is 9.98. The van der Waals surface area contributed by atoms with Crippen molar-refractivity contribution in [2.24, 2.45) is 4.99 Å². The molecule has 7 nitrogen and oxygen atoms in total. The van der Waals surface area contributed by atoms with Crippen LogP contribution in [-0.2, 0) is 9.53 Å². The van der Waals surface area contributed by atoms with E-state index in [1.807, 2.05) is 20.0 Å². The van der Waals surface area contributed by atoms with Gasteiger partial charge in [-0.05, 0) is 43.5 Å². The minimum atomic E-state index is -0.750. The second-order valence-corrected chi connectivity index (χ2v) is 8.34. The van der Waals surface area contributed by atoms with Crippen molar-refractivity contribution in [1.82, 2.24) is 14.4 Å². The van der Waals surface area contributed by atoms with Crippen LogP contribution in [0.2, 0.25) is 0 Å². The summed E-state index contributed by atoms with van der Waals surface area (Å²) >= 11 is 0. The van der Waals surface area contributed by atoms with E-state index in [1.165, 1.54) is 12.1 Å². The summed E-state index contributed by atoms with van der Waals surface area (Å²) in [5, 5.41) is 2.80.